The van der Waals surface area contributed by atoms with E-state index in [0.29, 0.717) is 11.4 Å². The van der Waals surface area contributed by atoms with Gasteiger partial charge >= 0.3 is 0 Å². The van der Waals surface area contributed by atoms with Gasteiger partial charge in [-0.2, -0.15) is 0 Å². The van der Waals surface area contributed by atoms with Crippen molar-refractivity contribution in [1.82, 2.24) is 0 Å². The lowest BCUT2D eigenvalue weighted by molar-refractivity contribution is -0.323. The van der Waals surface area contributed by atoms with Crippen LogP contribution >= 0.6 is 0 Å². The minimum absolute atomic E-state index is 0.297. The molecule has 0 unspecified atom stereocenters. The quantitative estimate of drug-likeness (QED) is 0.204. The van der Waals surface area contributed by atoms with Crippen LogP contribution in [-0.2, 0) is 14.2 Å². The van der Waals surface area contributed by atoms with Crippen molar-refractivity contribution in [3.8, 4) is 5.75 Å². The number of hydrogen-bond donors (Lipinski definition) is 8. The molecule has 0 saturated carbocycles. The number of benzene rings is 1. The number of aliphatic hydroxyl groups excluding tert-OH is 7. The Morgan fingerprint density at radius 1 is 0.733 bits per heavy atom. The Morgan fingerprint density at radius 3 is 1.87 bits per heavy atom. The van der Waals surface area contributed by atoms with Crippen LogP contribution in [0.15, 0.2) is 24.3 Å². The highest BCUT2D eigenvalue weighted by molar-refractivity contribution is 5.41. The van der Waals surface area contributed by atoms with E-state index in [2.05, 4.69) is 0 Å². The van der Waals surface area contributed by atoms with Crippen LogP contribution in [0.25, 0.3) is 0 Å². The van der Waals surface area contributed by atoms with Gasteiger partial charge in [0.05, 0.1) is 13.2 Å². The molecule has 2 aliphatic heterocycles. The van der Waals surface area contributed by atoms with E-state index in [1.165, 1.54) is 12.1 Å². The fourth-order valence-corrected chi connectivity index (χ4v) is 3.23. The lowest BCUT2D eigenvalue weighted by Gasteiger charge is -2.42. The minimum Gasteiger partial charge on any atom is -0.462 e. The number of nitrogen functional groups attached to an aromatic ring is 1. The summed E-state index contributed by atoms with van der Waals surface area (Å²) in [5.41, 5.74) is 6.10. The normalized spacial score (nSPS) is 42.1. The maximum absolute atomic E-state index is 10.2. The van der Waals surface area contributed by atoms with Crippen molar-refractivity contribution in [3.05, 3.63) is 24.3 Å². The van der Waals surface area contributed by atoms with Crippen molar-refractivity contribution in [2.45, 2.75) is 61.4 Å². The third-order valence-electron chi connectivity index (χ3n) is 5.07. The Labute approximate surface area is 171 Å². The van der Waals surface area contributed by atoms with E-state index in [0.717, 1.165) is 0 Å². The summed E-state index contributed by atoms with van der Waals surface area (Å²) in [7, 11) is 0. The van der Waals surface area contributed by atoms with Gasteiger partial charge in [-0.15, -0.1) is 0 Å². The summed E-state index contributed by atoms with van der Waals surface area (Å²) in [5, 5.41) is 69.3. The number of aliphatic hydroxyl groups is 7. The van der Waals surface area contributed by atoms with Crippen LogP contribution in [0.5, 0.6) is 5.75 Å². The zero-order valence-corrected chi connectivity index (χ0v) is 15.8. The molecule has 2 fully saturated rings. The fraction of sp³-hybridized carbons (Fsp3) is 0.667. The molecule has 0 aliphatic carbocycles. The summed E-state index contributed by atoms with van der Waals surface area (Å²) < 4.78 is 21.6. The first-order chi connectivity index (χ1) is 14.2. The fourth-order valence-electron chi connectivity index (χ4n) is 3.23. The zero-order valence-electron chi connectivity index (χ0n) is 15.8. The lowest BCUT2D eigenvalue weighted by Crippen LogP contribution is -2.62. The van der Waals surface area contributed by atoms with Crippen molar-refractivity contribution in [1.29, 1.82) is 0 Å². The first kappa shape index (κ1) is 23.1. The molecular weight excluding hydrogens is 406 g/mol. The van der Waals surface area contributed by atoms with Crippen LogP contribution in [0, 0.1) is 0 Å². The summed E-state index contributed by atoms with van der Waals surface area (Å²) in [6.45, 7) is -1.06. The molecule has 170 valence electrons. The molecule has 30 heavy (non-hydrogen) atoms. The molecule has 9 N–H and O–H groups in total. The molecule has 0 bridgehead atoms. The SMILES string of the molecule is Nc1ccc(O[C@@H]2O[C@H](CO[C@@H]3O[C@H](CO)[C@@H](O)[C@H](O)[C@H]3O)[C@@H](O)[C@H](O)[C@H]2O)cc1. The zero-order chi connectivity index (χ0) is 22.0. The summed E-state index contributed by atoms with van der Waals surface area (Å²) in [6.07, 6.45) is -14.7. The van der Waals surface area contributed by atoms with E-state index in [1.54, 1.807) is 12.1 Å². The van der Waals surface area contributed by atoms with Gasteiger partial charge in [0, 0.05) is 5.69 Å². The van der Waals surface area contributed by atoms with Crippen molar-refractivity contribution in [3.63, 3.8) is 0 Å². The molecule has 2 aliphatic rings. The lowest BCUT2D eigenvalue weighted by atomic mass is 9.98. The van der Waals surface area contributed by atoms with Gasteiger partial charge in [-0.1, -0.05) is 0 Å². The summed E-state index contributed by atoms with van der Waals surface area (Å²) in [6, 6.07) is 6.19. The number of anilines is 1. The predicted octanol–water partition coefficient (Wildman–Crippen LogP) is -3.73. The van der Waals surface area contributed by atoms with Gasteiger partial charge in [-0.3, -0.25) is 0 Å². The molecule has 0 radical (unpaired) electrons. The number of nitrogens with two attached hydrogens (primary N) is 1. The average molecular weight is 433 g/mol. The molecule has 2 heterocycles. The average Bonchev–Trinajstić information content (AvgIpc) is 2.74. The van der Waals surface area contributed by atoms with E-state index in [4.69, 9.17) is 24.7 Å². The van der Waals surface area contributed by atoms with Gasteiger partial charge in [-0.25, -0.2) is 0 Å². The van der Waals surface area contributed by atoms with Crippen LogP contribution in [0.4, 0.5) is 5.69 Å². The Balaban J connectivity index is 1.63. The smallest absolute Gasteiger partial charge is 0.229 e. The van der Waals surface area contributed by atoms with E-state index >= 15 is 0 Å². The molecule has 0 spiro atoms. The third kappa shape index (κ3) is 4.84. The van der Waals surface area contributed by atoms with E-state index in [1.807, 2.05) is 0 Å². The summed E-state index contributed by atoms with van der Waals surface area (Å²) in [4.78, 5) is 0. The Morgan fingerprint density at radius 2 is 1.27 bits per heavy atom. The van der Waals surface area contributed by atoms with Gasteiger partial charge in [0.1, 0.15) is 54.6 Å². The molecule has 0 amide bonds. The molecule has 1 aromatic carbocycles. The first-order valence-corrected chi connectivity index (χ1v) is 9.37. The summed E-state index contributed by atoms with van der Waals surface area (Å²) in [5.74, 6) is 0.297. The van der Waals surface area contributed by atoms with Gasteiger partial charge < -0.3 is 60.4 Å². The maximum atomic E-state index is 10.2. The molecule has 2 saturated heterocycles. The van der Waals surface area contributed by atoms with E-state index in [-0.39, 0.29) is 0 Å². The standard InChI is InChI=1S/C18H27NO11/c19-7-1-3-8(4-2-7)28-18-16(26)14(24)12(22)10(30-18)6-27-17-15(25)13(23)11(21)9(5-20)29-17/h1-4,9-18,20-26H,5-6,19H2/t9-,10-,11-,12-,13+,14+,15-,16-,17-,18-/m1/s1. The van der Waals surface area contributed by atoms with Crippen molar-refractivity contribution < 1.29 is 54.7 Å². The minimum atomic E-state index is -1.64. The van der Waals surface area contributed by atoms with Crippen LogP contribution in [0.1, 0.15) is 0 Å². The second kappa shape index (κ2) is 9.70. The Bertz CT molecular complexity index is 675. The van der Waals surface area contributed by atoms with Crippen molar-refractivity contribution in [2.24, 2.45) is 0 Å². The van der Waals surface area contributed by atoms with Crippen molar-refractivity contribution >= 4 is 5.69 Å². The number of rotatable bonds is 6. The summed E-state index contributed by atoms with van der Waals surface area (Å²) >= 11 is 0. The second-order valence-corrected chi connectivity index (χ2v) is 7.23. The topological polar surface area (TPSA) is 205 Å². The monoisotopic (exact) mass is 433 g/mol. The molecule has 3 rings (SSSR count). The molecule has 10 atom stereocenters. The van der Waals surface area contributed by atoms with Crippen LogP contribution in [-0.4, -0.2) is 110 Å². The predicted molar refractivity (Wildman–Crippen MR) is 97.9 cm³/mol. The maximum Gasteiger partial charge on any atom is 0.229 e. The van der Waals surface area contributed by atoms with Gasteiger partial charge in [0.25, 0.3) is 0 Å². The molecular formula is C18H27NO11. The Kier molecular flexibility index (Phi) is 7.47. The number of ether oxygens (including phenoxy) is 4. The van der Waals surface area contributed by atoms with Crippen LogP contribution in [0.3, 0.4) is 0 Å². The Hall–Kier alpha value is -1.58. The van der Waals surface area contributed by atoms with Gasteiger partial charge in [0.2, 0.25) is 6.29 Å². The molecule has 0 aromatic heterocycles. The van der Waals surface area contributed by atoms with E-state index < -0.39 is 74.6 Å². The second-order valence-electron chi connectivity index (χ2n) is 7.23. The van der Waals surface area contributed by atoms with Gasteiger partial charge in [-0.05, 0) is 24.3 Å². The van der Waals surface area contributed by atoms with Crippen LogP contribution in [0.2, 0.25) is 0 Å². The van der Waals surface area contributed by atoms with Crippen molar-refractivity contribution in [2.75, 3.05) is 18.9 Å². The van der Waals surface area contributed by atoms with E-state index in [9.17, 15) is 35.7 Å². The highest BCUT2D eigenvalue weighted by Crippen LogP contribution is 2.27. The first-order valence-electron chi connectivity index (χ1n) is 9.37. The highest BCUT2D eigenvalue weighted by atomic mass is 16.7. The van der Waals surface area contributed by atoms with Gasteiger partial charge in [0.15, 0.2) is 6.29 Å². The van der Waals surface area contributed by atoms with Crippen LogP contribution < -0.4 is 10.5 Å². The molecule has 1 aromatic rings. The molecule has 12 heteroatoms. The highest BCUT2D eigenvalue weighted by Gasteiger charge is 2.47. The third-order valence-corrected chi connectivity index (χ3v) is 5.07. The molecule has 12 nitrogen and oxygen atoms in total. The number of hydrogen-bond acceptors (Lipinski definition) is 12. The largest absolute Gasteiger partial charge is 0.462 e.